The largest absolute Gasteiger partial charge is 0.497 e. The maximum Gasteiger partial charge on any atom is 0.337 e. The Bertz CT molecular complexity index is 1050. The summed E-state index contributed by atoms with van der Waals surface area (Å²) in [6.07, 6.45) is 1.60. The molecule has 1 heterocycles. The standard InChI is InChI=1S/C22H20N2O6S/c1-28-17-10-8-16(9-11-17)24-20(26)18(23(22(24)31)13-19(25)29-2)12-14-4-6-15(7-5-14)21(27)30-3/h4-12H,13H2,1-3H3/b18-12-. The molecule has 2 aromatic carbocycles. The van der Waals surface area contributed by atoms with E-state index in [1.54, 1.807) is 61.7 Å². The monoisotopic (exact) mass is 440 g/mol. The fraction of sp³-hybridized carbons (Fsp3) is 0.182. The second-order valence-electron chi connectivity index (χ2n) is 6.43. The molecular formula is C22H20N2O6S. The summed E-state index contributed by atoms with van der Waals surface area (Å²) in [5.74, 6) is -0.765. The van der Waals surface area contributed by atoms with E-state index in [1.165, 1.54) is 24.0 Å². The number of methoxy groups -OCH3 is 3. The fourth-order valence-corrected chi connectivity index (χ4v) is 3.33. The van der Waals surface area contributed by atoms with Crippen LogP contribution in [0.15, 0.2) is 54.2 Å². The number of rotatable bonds is 6. The molecule has 0 atom stereocenters. The van der Waals surface area contributed by atoms with Gasteiger partial charge >= 0.3 is 11.9 Å². The molecule has 1 amide bonds. The van der Waals surface area contributed by atoms with Gasteiger partial charge in [-0.15, -0.1) is 0 Å². The van der Waals surface area contributed by atoms with Gasteiger partial charge in [0.05, 0.1) is 32.6 Å². The third-order valence-corrected chi connectivity index (χ3v) is 5.02. The number of ether oxygens (including phenoxy) is 3. The van der Waals surface area contributed by atoms with Crippen LogP contribution >= 0.6 is 12.2 Å². The maximum atomic E-state index is 13.2. The molecular weight excluding hydrogens is 420 g/mol. The van der Waals surface area contributed by atoms with Crippen molar-refractivity contribution in [1.29, 1.82) is 0 Å². The molecule has 0 aromatic heterocycles. The van der Waals surface area contributed by atoms with Crippen LogP contribution in [0.5, 0.6) is 5.75 Å². The summed E-state index contributed by atoms with van der Waals surface area (Å²) in [5, 5.41) is 0.151. The van der Waals surface area contributed by atoms with E-state index >= 15 is 0 Å². The van der Waals surface area contributed by atoms with Gasteiger partial charge in [0.1, 0.15) is 18.0 Å². The Kier molecular flexibility index (Phi) is 6.66. The minimum atomic E-state index is -0.543. The molecule has 1 saturated heterocycles. The van der Waals surface area contributed by atoms with Gasteiger partial charge < -0.3 is 19.1 Å². The summed E-state index contributed by atoms with van der Waals surface area (Å²) in [5.41, 5.74) is 1.77. The Labute approximate surface area is 184 Å². The highest BCUT2D eigenvalue weighted by Gasteiger charge is 2.40. The Morgan fingerprint density at radius 1 is 0.968 bits per heavy atom. The molecule has 9 heteroatoms. The summed E-state index contributed by atoms with van der Waals surface area (Å²) in [4.78, 5) is 39.6. The lowest BCUT2D eigenvalue weighted by Crippen LogP contribution is -2.35. The summed E-state index contributed by atoms with van der Waals surface area (Å²) in [6.45, 7) is -0.222. The average Bonchev–Trinajstić information content (AvgIpc) is 3.02. The summed E-state index contributed by atoms with van der Waals surface area (Å²) < 4.78 is 14.6. The van der Waals surface area contributed by atoms with Crippen molar-refractivity contribution < 1.29 is 28.6 Å². The van der Waals surface area contributed by atoms with Crippen molar-refractivity contribution in [2.75, 3.05) is 32.8 Å². The highest BCUT2D eigenvalue weighted by atomic mass is 32.1. The number of hydrogen-bond donors (Lipinski definition) is 0. The number of nitrogens with zero attached hydrogens (tertiary/aromatic N) is 2. The summed E-state index contributed by atoms with van der Waals surface area (Å²) >= 11 is 5.50. The molecule has 0 saturated carbocycles. The van der Waals surface area contributed by atoms with Gasteiger partial charge in [0.2, 0.25) is 0 Å². The summed E-state index contributed by atoms with van der Waals surface area (Å²) in [6, 6.07) is 13.3. The molecule has 0 N–H and O–H groups in total. The van der Waals surface area contributed by atoms with E-state index in [0.29, 0.717) is 22.6 Å². The van der Waals surface area contributed by atoms with E-state index in [2.05, 4.69) is 0 Å². The third kappa shape index (κ3) is 4.56. The first-order valence-electron chi connectivity index (χ1n) is 9.16. The molecule has 0 unspecified atom stereocenters. The Morgan fingerprint density at radius 3 is 2.16 bits per heavy atom. The number of thiocarbonyl (C=S) groups is 1. The van der Waals surface area contributed by atoms with Crippen molar-refractivity contribution in [3.05, 3.63) is 65.4 Å². The predicted octanol–water partition coefficient (Wildman–Crippen LogP) is 2.63. The van der Waals surface area contributed by atoms with Crippen LogP contribution in [0.1, 0.15) is 15.9 Å². The van der Waals surface area contributed by atoms with Gasteiger partial charge in [0.25, 0.3) is 5.91 Å². The molecule has 0 spiro atoms. The number of carbonyl (C=O) groups excluding carboxylic acids is 3. The molecule has 3 rings (SSSR count). The topological polar surface area (TPSA) is 85.4 Å². The molecule has 1 aliphatic heterocycles. The molecule has 2 aromatic rings. The van der Waals surface area contributed by atoms with E-state index in [0.717, 1.165) is 0 Å². The smallest absolute Gasteiger partial charge is 0.337 e. The van der Waals surface area contributed by atoms with Crippen molar-refractivity contribution in [2.24, 2.45) is 0 Å². The van der Waals surface area contributed by atoms with E-state index in [1.807, 2.05) is 0 Å². The van der Waals surface area contributed by atoms with Crippen molar-refractivity contribution in [3.8, 4) is 5.75 Å². The van der Waals surface area contributed by atoms with E-state index in [-0.39, 0.29) is 17.4 Å². The fourth-order valence-electron chi connectivity index (χ4n) is 2.98. The van der Waals surface area contributed by atoms with E-state index in [9.17, 15) is 14.4 Å². The van der Waals surface area contributed by atoms with Crippen molar-refractivity contribution in [3.63, 3.8) is 0 Å². The zero-order valence-electron chi connectivity index (χ0n) is 17.2. The minimum Gasteiger partial charge on any atom is -0.497 e. The van der Waals surface area contributed by atoms with Gasteiger partial charge in [-0.25, -0.2) is 4.79 Å². The van der Waals surface area contributed by atoms with Crippen LogP contribution in [0.4, 0.5) is 5.69 Å². The van der Waals surface area contributed by atoms with Crippen LogP contribution in [0.3, 0.4) is 0 Å². The Morgan fingerprint density at radius 2 is 1.61 bits per heavy atom. The number of anilines is 1. The van der Waals surface area contributed by atoms with Gasteiger partial charge in [-0.3, -0.25) is 14.5 Å². The van der Waals surface area contributed by atoms with Crippen LogP contribution in [-0.2, 0) is 19.1 Å². The highest BCUT2D eigenvalue weighted by molar-refractivity contribution is 7.80. The van der Waals surface area contributed by atoms with Gasteiger partial charge in [-0.05, 0) is 60.3 Å². The second-order valence-corrected chi connectivity index (χ2v) is 6.79. The molecule has 8 nitrogen and oxygen atoms in total. The van der Waals surface area contributed by atoms with Crippen LogP contribution in [-0.4, -0.2) is 55.7 Å². The van der Waals surface area contributed by atoms with Crippen LogP contribution in [0.2, 0.25) is 0 Å². The molecule has 0 bridgehead atoms. The van der Waals surface area contributed by atoms with Crippen molar-refractivity contribution in [1.82, 2.24) is 4.90 Å². The average molecular weight is 440 g/mol. The third-order valence-electron chi connectivity index (χ3n) is 4.62. The number of carbonyl (C=O) groups is 3. The van der Waals surface area contributed by atoms with Crippen LogP contribution in [0.25, 0.3) is 6.08 Å². The quantitative estimate of drug-likeness (QED) is 0.385. The number of esters is 2. The lowest BCUT2D eigenvalue weighted by Gasteiger charge is -2.19. The second kappa shape index (κ2) is 9.40. The van der Waals surface area contributed by atoms with Gasteiger partial charge in [-0.1, -0.05) is 12.1 Å². The molecule has 160 valence electrons. The normalized spacial score (nSPS) is 14.7. The Hall–Kier alpha value is -3.72. The van der Waals surface area contributed by atoms with Crippen LogP contribution in [0, 0.1) is 0 Å². The Balaban J connectivity index is 1.99. The maximum absolute atomic E-state index is 13.2. The van der Waals surface area contributed by atoms with Gasteiger partial charge in [0, 0.05) is 0 Å². The molecule has 31 heavy (non-hydrogen) atoms. The van der Waals surface area contributed by atoms with Crippen molar-refractivity contribution >= 4 is 46.9 Å². The number of benzene rings is 2. The molecule has 1 aliphatic rings. The highest BCUT2D eigenvalue weighted by Crippen LogP contribution is 2.30. The first-order valence-corrected chi connectivity index (χ1v) is 9.57. The molecule has 1 fully saturated rings. The van der Waals surface area contributed by atoms with Gasteiger partial charge in [-0.2, -0.15) is 0 Å². The number of hydrogen-bond acceptors (Lipinski definition) is 7. The van der Waals surface area contributed by atoms with E-state index < -0.39 is 17.8 Å². The van der Waals surface area contributed by atoms with Crippen molar-refractivity contribution in [2.45, 2.75) is 0 Å². The predicted molar refractivity (Wildman–Crippen MR) is 118 cm³/mol. The zero-order chi connectivity index (χ0) is 22.5. The zero-order valence-corrected chi connectivity index (χ0v) is 18.0. The van der Waals surface area contributed by atoms with Gasteiger partial charge in [0.15, 0.2) is 5.11 Å². The molecule has 0 aliphatic carbocycles. The first-order chi connectivity index (χ1) is 14.9. The number of amides is 1. The first kappa shape index (κ1) is 22.0. The molecule has 0 radical (unpaired) electrons. The summed E-state index contributed by atoms with van der Waals surface area (Å²) in [7, 11) is 4.11. The lowest BCUT2D eigenvalue weighted by molar-refractivity contribution is -0.140. The SMILES string of the molecule is COC(=O)CN1C(=S)N(c2ccc(OC)cc2)C(=O)/C1=C/c1ccc(C(=O)OC)cc1. The lowest BCUT2D eigenvalue weighted by atomic mass is 10.1. The van der Waals surface area contributed by atoms with E-state index in [4.69, 9.17) is 26.4 Å². The van der Waals surface area contributed by atoms with Crippen LogP contribution < -0.4 is 9.64 Å². The minimum absolute atomic E-state index is 0.151.